The second-order valence-electron chi connectivity index (χ2n) is 5.08. The Morgan fingerprint density at radius 3 is 2.32 bits per heavy atom. The molecule has 0 saturated heterocycles. The lowest BCUT2D eigenvalue weighted by atomic mass is 10.0. The van der Waals surface area contributed by atoms with Gasteiger partial charge in [0.05, 0.1) is 0 Å². The molecule has 7 heteroatoms. The molecule has 0 aliphatic rings. The highest BCUT2D eigenvalue weighted by molar-refractivity contribution is 7.80. The van der Waals surface area contributed by atoms with Crippen LogP contribution < -0.4 is 21.5 Å². The predicted molar refractivity (Wildman–Crippen MR) is 100 cm³/mol. The number of rotatable bonds is 6. The van der Waals surface area contributed by atoms with Gasteiger partial charge in [0.2, 0.25) is 0 Å². The SMILES string of the molecule is COCCCNC(=S)NNC(=S)Nc1ccc(C(C)C)cc1. The molecular weight excluding hydrogens is 316 g/mol. The van der Waals surface area contributed by atoms with Crippen LogP contribution in [0.4, 0.5) is 5.69 Å². The van der Waals surface area contributed by atoms with Crippen molar-refractivity contribution in [2.75, 3.05) is 25.6 Å². The summed E-state index contributed by atoms with van der Waals surface area (Å²) >= 11 is 10.3. The molecule has 0 amide bonds. The highest BCUT2D eigenvalue weighted by Crippen LogP contribution is 2.16. The van der Waals surface area contributed by atoms with Gasteiger partial charge in [-0.15, -0.1) is 0 Å². The molecule has 0 aromatic heterocycles. The molecule has 1 aromatic carbocycles. The van der Waals surface area contributed by atoms with Gasteiger partial charge in [-0.3, -0.25) is 10.9 Å². The molecule has 0 aliphatic heterocycles. The van der Waals surface area contributed by atoms with Crippen molar-refractivity contribution >= 4 is 40.3 Å². The summed E-state index contributed by atoms with van der Waals surface area (Å²) in [5.74, 6) is 0.516. The molecule has 0 atom stereocenters. The minimum absolute atomic E-state index is 0.457. The summed E-state index contributed by atoms with van der Waals surface area (Å²) in [6.07, 6.45) is 0.892. The Morgan fingerprint density at radius 2 is 1.73 bits per heavy atom. The van der Waals surface area contributed by atoms with Crippen LogP contribution in [0, 0.1) is 0 Å². The van der Waals surface area contributed by atoms with E-state index in [-0.39, 0.29) is 0 Å². The molecule has 5 nitrogen and oxygen atoms in total. The van der Waals surface area contributed by atoms with E-state index in [1.807, 2.05) is 12.1 Å². The Labute approximate surface area is 143 Å². The first-order valence-electron chi connectivity index (χ1n) is 7.22. The van der Waals surface area contributed by atoms with Gasteiger partial charge >= 0.3 is 0 Å². The van der Waals surface area contributed by atoms with Crippen LogP contribution in [0.1, 0.15) is 31.7 Å². The lowest BCUT2D eigenvalue weighted by Crippen LogP contribution is -2.48. The molecule has 0 unspecified atom stereocenters. The fourth-order valence-corrected chi connectivity index (χ4v) is 2.01. The van der Waals surface area contributed by atoms with Crippen LogP contribution in [-0.2, 0) is 4.74 Å². The molecule has 4 N–H and O–H groups in total. The van der Waals surface area contributed by atoms with Crippen molar-refractivity contribution in [3.63, 3.8) is 0 Å². The number of hydrazine groups is 1. The summed E-state index contributed by atoms with van der Waals surface area (Å²) in [6.45, 7) is 5.78. The molecule has 1 rings (SSSR count). The lowest BCUT2D eigenvalue weighted by molar-refractivity contribution is 0.195. The van der Waals surface area contributed by atoms with Gasteiger partial charge in [-0.25, -0.2) is 0 Å². The van der Waals surface area contributed by atoms with E-state index in [0.29, 0.717) is 22.7 Å². The van der Waals surface area contributed by atoms with Gasteiger partial charge in [0.1, 0.15) is 0 Å². The van der Waals surface area contributed by atoms with Gasteiger partial charge in [-0.2, -0.15) is 0 Å². The lowest BCUT2D eigenvalue weighted by Gasteiger charge is -2.14. The highest BCUT2D eigenvalue weighted by Gasteiger charge is 2.01. The zero-order chi connectivity index (χ0) is 16.4. The summed E-state index contributed by atoms with van der Waals surface area (Å²) in [6, 6.07) is 8.19. The van der Waals surface area contributed by atoms with Gasteiger partial charge in [0.15, 0.2) is 10.2 Å². The summed E-state index contributed by atoms with van der Waals surface area (Å²) in [5, 5.41) is 7.09. The van der Waals surface area contributed by atoms with Gasteiger partial charge in [-0.1, -0.05) is 26.0 Å². The minimum Gasteiger partial charge on any atom is -0.385 e. The summed E-state index contributed by atoms with van der Waals surface area (Å²) in [5.41, 5.74) is 7.91. The van der Waals surface area contributed by atoms with Crippen molar-refractivity contribution < 1.29 is 4.74 Å². The van der Waals surface area contributed by atoms with Crippen molar-refractivity contribution in [2.24, 2.45) is 0 Å². The van der Waals surface area contributed by atoms with Crippen molar-refractivity contribution in [3.05, 3.63) is 29.8 Å². The molecule has 0 radical (unpaired) electrons. The number of benzene rings is 1. The topological polar surface area (TPSA) is 57.4 Å². The fraction of sp³-hybridized carbons (Fsp3) is 0.467. The van der Waals surface area contributed by atoms with Gasteiger partial charge in [0, 0.05) is 25.9 Å². The number of methoxy groups -OCH3 is 1. The maximum atomic E-state index is 5.20. The average molecular weight is 341 g/mol. The highest BCUT2D eigenvalue weighted by atomic mass is 32.1. The first-order chi connectivity index (χ1) is 10.5. The third kappa shape index (κ3) is 7.53. The zero-order valence-corrected chi connectivity index (χ0v) is 14.9. The van der Waals surface area contributed by atoms with E-state index in [9.17, 15) is 0 Å². The first-order valence-corrected chi connectivity index (χ1v) is 8.04. The third-order valence-corrected chi connectivity index (χ3v) is 3.39. The minimum atomic E-state index is 0.457. The van der Waals surface area contributed by atoms with Gasteiger partial charge < -0.3 is 15.4 Å². The van der Waals surface area contributed by atoms with Crippen LogP contribution in [-0.4, -0.2) is 30.5 Å². The molecule has 0 spiro atoms. The quantitative estimate of drug-likeness (QED) is 0.361. The number of hydrogen-bond donors (Lipinski definition) is 4. The Morgan fingerprint density at radius 1 is 1.09 bits per heavy atom. The van der Waals surface area contributed by atoms with Crippen molar-refractivity contribution in [2.45, 2.75) is 26.2 Å². The maximum absolute atomic E-state index is 5.20. The molecular formula is C15H24N4OS2. The molecule has 0 bridgehead atoms. The molecule has 122 valence electrons. The van der Waals surface area contributed by atoms with E-state index in [4.69, 9.17) is 29.2 Å². The smallest absolute Gasteiger partial charge is 0.189 e. The Hall–Kier alpha value is -1.44. The standard InChI is InChI=1S/C15H24N4OS2/c1-11(2)12-5-7-13(8-6-12)17-15(22)19-18-14(21)16-9-4-10-20-3/h5-8,11H,4,9-10H2,1-3H3,(H2,16,18,21)(H2,17,19,22). The van der Waals surface area contributed by atoms with E-state index in [2.05, 4.69) is 47.5 Å². The van der Waals surface area contributed by atoms with Crippen LogP contribution in [0.3, 0.4) is 0 Å². The van der Waals surface area contributed by atoms with Crippen LogP contribution >= 0.6 is 24.4 Å². The Bertz CT molecular complexity index is 477. The van der Waals surface area contributed by atoms with E-state index in [1.54, 1.807) is 7.11 Å². The van der Waals surface area contributed by atoms with Crippen molar-refractivity contribution in [1.29, 1.82) is 0 Å². The van der Waals surface area contributed by atoms with Crippen LogP contribution in [0.15, 0.2) is 24.3 Å². The van der Waals surface area contributed by atoms with Crippen molar-refractivity contribution in [3.8, 4) is 0 Å². The molecule has 22 heavy (non-hydrogen) atoms. The zero-order valence-electron chi connectivity index (χ0n) is 13.2. The largest absolute Gasteiger partial charge is 0.385 e. The Kier molecular flexibility index (Phi) is 8.72. The Balaban J connectivity index is 2.26. The molecule has 0 heterocycles. The van der Waals surface area contributed by atoms with Gasteiger partial charge in [-0.05, 0) is 54.5 Å². The van der Waals surface area contributed by atoms with E-state index >= 15 is 0 Å². The van der Waals surface area contributed by atoms with E-state index in [1.165, 1.54) is 5.56 Å². The monoisotopic (exact) mass is 340 g/mol. The van der Waals surface area contributed by atoms with E-state index < -0.39 is 0 Å². The number of nitrogens with one attached hydrogen (secondary N) is 4. The average Bonchev–Trinajstić information content (AvgIpc) is 2.50. The van der Waals surface area contributed by atoms with Crippen LogP contribution in [0.5, 0.6) is 0 Å². The summed E-state index contributed by atoms with van der Waals surface area (Å²) in [7, 11) is 1.68. The van der Waals surface area contributed by atoms with Gasteiger partial charge in [0.25, 0.3) is 0 Å². The summed E-state index contributed by atoms with van der Waals surface area (Å²) < 4.78 is 4.96. The maximum Gasteiger partial charge on any atom is 0.189 e. The molecule has 0 fully saturated rings. The fourth-order valence-electron chi connectivity index (χ4n) is 1.69. The molecule has 1 aromatic rings. The second-order valence-corrected chi connectivity index (χ2v) is 5.90. The first kappa shape index (κ1) is 18.6. The number of anilines is 1. The number of hydrogen-bond acceptors (Lipinski definition) is 3. The molecule has 0 saturated carbocycles. The summed E-state index contributed by atoms with van der Waals surface area (Å²) in [4.78, 5) is 0. The predicted octanol–water partition coefficient (Wildman–Crippen LogP) is 2.51. The second kappa shape index (κ2) is 10.3. The van der Waals surface area contributed by atoms with E-state index in [0.717, 1.165) is 18.7 Å². The van der Waals surface area contributed by atoms with Crippen LogP contribution in [0.2, 0.25) is 0 Å². The number of thiocarbonyl (C=S) groups is 2. The van der Waals surface area contributed by atoms with Crippen molar-refractivity contribution in [1.82, 2.24) is 16.2 Å². The van der Waals surface area contributed by atoms with Crippen LogP contribution in [0.25, 0.3) is 0 Å². The number of ether oxygens (including phenoxy) is 1. The third-order valence-electron chi connectivity index (χ3n) is 2.94. The normalized spacial score (nSPS) is 10.2. The molecule has 0 aliphatic carbocycles.